The number of benzene rings is 2. The fraction of sp³-hybridized carbons (Fsp3) is 0.316. The second kappa shape index (κ2) is 7.90. The summed E-state index contributed by atoms with van der Waals surface area (Å²) in [6.07, 6.45) is 0.939. The molecule has 0 aromatic heterocycles. The van der Waals surface area contributed by atoms with Gasteiger partial charge in [0.05, 0.1) is 18.0 Å². The molecule has 2 aromatic rings. The molecule has 0 unspecified atom stereocenters. The second-order valence-electron chi connectivity index (χ2n) is 6.10. The van der Waals surface area contributed by atoms with Crippen LogP contribution in [0.25, 0.3) is 0 Å². The molecule has 1 aliphatic rings. The van der Waals surface area contributed by atoms with E-state index in [0.29, 0.717) is 47.6 Å². The van der Waals surface area contributed by atoms with E-state index < -0.39 is 10.0 Å². The van der Waals surface area contributed by atoms with Crippen LogP contribution in [0.1, 0.15) is 25.8 Å². The molecule has 1 amide bonds. The molecule has 0 bridgehead atoms. The van der Waals surface area contributed by atoms with Crippen LogP contribution in [0.4, 0.5) is 11.4 Å². The quantitative estimate of drug-likeness (QED) is 0.719. The van der Waals surface area contributed by atoms with Crippen molar-refractivity contribution in [2.45, 2.75) is 31.6 Å². The number of anilines is 2. The van der Waals surface area contributed by atoms with E-state index in [2.05, 4.69) is 20.7 Å². The fourth-order valence-electron chi connectivity index (χ4n) is 3.15. The number of carbonyl (C=O) groups excluding carboxylic acids is 1. The van der Waals surface area contributed by atoms with E-state index in [1.54, 1.807) is 36.1 Å². The van der Waals surface area contributed by atoms with Crippen molar-refractivity contribution in [2.24, 2.45) is 0 Å². The van der Waals surface area contributed by atoms with Gasteiger partial charge in [-0.15, -0.1) is 0 Å². The summed E-state index contributed by atoms with van der Waals surface area (Å²) in [6.45, 7) is 4.50. The number of ether oxygens (including phenoxy) is 1. The summed E-state index contributed by atoms with van der Waals surface area (Å²) in [5.41, 5.74) is 1.66. The molecule has 8 heteroatoms. The van der Waals surface area contributed by atoms with Gasteiger partial charge < -0.3 is 9.64 Å². The molecule has 27 heavy (non-hydrogen) atoms. The molecule has 1 aliphatic heterocycles. The maximum Gasteiger partial charge on any atom is 0.264 e. The summed E-state index contributed by atoms with van der Waals surface area (Å²) in [6, 6.07) is 10.3. The Balaban J connectivity index is 2.07. The zero-order valence-electron chi connectivity index (χ0n) is 15.2. The van der Waals surface area contributed by atoms with Gasteiger partial charge in [-0.3, -0.25) is 9.52 Å². The first-order valence-corrected chi connectivity index (χ1v) is 11.0. The first-order valence-electron chi connectivity index (χ1n) is 8.74. The van der Waals surface area contributed by atoms with E-state index in [1.165, 1.54) is 6.07 Å². The molecule has 0 spiro atoms. The van der Waals surface area contributed by atoms with E-state index in [0.717, 1.165) is 5.56 Å². The summed E-state index contributed by atoms with van der Waals surface area (Å²) >= 11 is 3.39. The molecule has 0 atom stereocenters. The van der Waals surface area contributed by atoms with Crippen molar-refractivity contribution in [3.05, 3.63) is 46.4 Å². The van der Waals surface area contributed by atoms with Crippen molar-refractivity contribution in [3.8, 4) is 5.75 Å². The molecule has 3 rings (SSSR count). The first kappa shape index (κ1) is 19.7. The van der Waals surface area contributed by atoms with Gasteiger partial charge >= 0.3 is 0 Å². The fourth-order valence-corrected chi connectivity index (χ4v) is 5.15. The normalized spacial score (nSPS) is 13.4. The van der Waals surface area contributed by atoms with Gasteiger partial charge in [0.1, 0.15) is 10.6 Å². The SMILES string of the molecule is CCOc1ccccc1NS(=O)(=O)c1cc(Br)cc2c1N(C(=O)CC)CC2. The van der Waals surface area contributed by atoms with Gasteiger partial charge in [-0.25, -0.2) is 8.42 Å². The molecular formula is C19H21BrN2O4S. The summed E-state index contributed by atoms with van der Waals surface area (Å²) in [7, 11) is -3.93. The van der Waals surface area contributed by atoms with Crippen LogP contribution in [0.15, 0.2) is 45.8 Å². The minimum absolute atomic E-state index is 0.0810. The van der Waals surface area contributed by atoms with Crippen LogP contribution in [0.3, 0.4) is 0 Å². The Bertz CT molecular complexity index is 976. The third kappa shape index (κ3) is 3.96. The molecule has 6 nitrogen and oxygen atoms in total. The predicted octanol–water partition coefficient (Wildman–Crippen LogP) is 3.95. The number of hydrogen-bond acceptors (Lipinski definition) is 4. The molecule has 0 saturated carbocycles. The van der Waals surface area contributed by atoms with Crippen molar-refractivity contribution in [3.63, 3.8) is 0 Å². The van der Waals surface area contributed by atoms with E-state index in [9.17, 15) is 13.2 Å². The largest absolute Gasteiger partial charge is 0.492 e. The minimum Gasteiger partial charge on any atom is -0.492 e. The lowest BCUT2D eigenvalue weighted by Gasteiger charge is -2.21. The molecular weight excluding hydrogens is 432 g/mol. The predicted molar refractivity (Wildman–Crippen MR) is 109 cm³/mol. The Labute approximate surface area is 167 Å². The smallest absolute Gasteiger partial charge is 0.264 e. The standard InChI is InChI=1S/C19H21BrN2O4S/c1-3-18(23)22-10-9-13-11-14(20)12-17(19(13)22)27(24,25)21-15-7-5-6-8-16(15)26-4-2/h5-8,11-12,21H,3-4,9-10H2,1-2H3. The molecule has 144 valence electrons. The monoisotopic (exact) mass is 452 g/mol. The van der Waals surface area contributed by atoms with Crippen molar-refractivity contribution in [1.82, 2.24) is 0 Å². The first-order chi connectivity index (χ1) is 12.9. The van der Waals surface area contributed by atoms with Gasteiger partial charge in [-0.1, -0.05) is 35.0 Å². The van der Waals surface area contributed by atoms with Crippen molar-refractivity contribution >= 4 is 43.2 Å². The van der Waals surface area contributed by atoms with Crippen LogP contribution < -0.4 is 14.4 Å². The number of rotatable bonds is 6. The van der Waals surface area contributed by atoms with Gasteiger partial charge in [0.15, 0.2) is 0 Å². The average Bonchev–Trinajstić information content (AvgIpc) is 3.05. The number of nitrogens with one attached hydrogen (secondary N) is 1. The van der Waals surface area contributed by atoms with Crippen molar-refractivity contribution in [2.75, 3.05) is 22.8 Å². The number of amides is 1. The maximum atomic E-state index is 13.2. The number of para-hydroxylation sites is 2. The highest BCUT2D eigenvalue weighted by atomic mass is 79.9. The third-order valence-corrected chi connectivity index (χ3v) is 6.15. The highest BCUT2D eigenvalue weighted by molar-refractivity contribution is 9.10. The molecule has 1 N–H and O–H groups in total. The Morgan fingerprint density at radius 1 is 1.26 bits per heavy atom. The van der Waals surface area contributed by atoms with E-state index in [-0.39, 0.29) is 10.8 Å². The Morgan fingerprint density at radius 2 is 2.00 bits per heavy atom. The topological polar surface area (TPSA) is 75.7 Å². The van der Waals surface area contributed by atoms with Crippen molar-refractivity contribution < 1.29 is 17.9 Å². The lowest BCUT2D eigenvalue weighted by Crippen LogP contribution is -2.29. The van der Waals surface area contributed by atoms with E-state index in [1.807, 2.05) is 13.0 Å². The van der Waals surface area contributed by atoms with Crippen LogP contribution in [0.2, 0.25) is 0 Å². The van der Waals surface area contributed by atoms with E-state index in [4.69, 9.17) is 4.74 Å². The van der Waals surface area contributed by atoms with Gasteiger partial charge in [-0.05, 0) is 43.2 Å². The zero-order chi connectivity index (χ0) is 19.6. The second-order valence-corrected chi connectivity index (χ2v) is 8.66. The molecule has 0 aliphatic carbocycles. The van der Waals surface area contributed by atoms with Crippen LogP contribution in [-0.2, 0) is 21.2 Å². The molecule has 1 heterocycles. The number of hydrogen-bond donors (Lipinski definition) is 1. The summed E-state index contributed by atoms with van der Waals surface area (Å²) in [5.74, 6) is 0.360. The molecule has 0 radical (unpaired) electrons. The minimum atomic E-state index is -3.93. The molecule has 2 aromatic carbocycles. The number of sulfonamides is 1. The number of halogens is 1. The summed E-state index contributed by atoms with van der Waals surface area (Å²) in [5, 5.41) is 0. The number of carbonyl (C=O) groups is 1. The lowest BCUT2D eigenvalue weighted by molar-refractivity contribution is -0.118. The van der Waals surface area contributed by atoms with Gasteiger partial charge in [0.25, 0.3) is 10.0 Å². The third-order valence-electron chi connectivity index (χ3n) is 4.32. The van der Waals surface area contributed by atoms with Gasteiger partial charge in [0, 0.05) is 17.4 Å². The van der Waals surface area contributed by atoms with Gasteiger partial charge in [0.2, 0.25) is 5.91 Å². The van der Waals surface area contributed by atoms with Gasteiger partial charge in [-0.2, -0.15) is 0 Å². The van der Waals surface area contributed by atoms with Crippen molar-refractivity contribution in [1.29, 1.82) is 0 Å². The lowest BCUT2D eigenvalue weighted by atomic mass is 10.2. The summed E-state index contributed by atoms with van der Waals surface area (Å²) in [4.78, 5) is 14.0. The Hall–Kier alpha value is -2.06. The maximum absolute atomic E-state index is 13.2. The highest BCUT2D eigenvalue weighted by Crippen LogP contribution is 2.39. The van der Waals surface area contributed by atoms with Crippen LogP contribution in [0.5, 0.6) is 5.75 Å². The van der Waals surface area contributed by atoms with Crippen LogP contribution in [-0.4, -0.2) is 27.5 Å². The average molecular weight is 453 g/mol. The molecule has 0 fully saturated rings. The summed E-state index contributed by atoms with van der Waals surface area (Å²) < 4.78 is 35.2. The number of fused-ring (bicyclic) bond motifs is 1. The Morgan fingerprint density at radius 3 is 2.70 bits per heavy atom. The van der Waals surface area contributed by atoms with Crippen LogP contribution in [0, 0.1) is 0 Å². The highest BCUT2D eigenvalue weighted by Gasteiger charge is 2.32. The van der Waals surface area contributed by atoms with Crippen LogP contribution >= 0.6 is 15.9 Å². The zero-order valence-corrected chi connectivity index (χ0v) is 17.6. The van der Waals surface area contributed by atoms with E-state index >= 15 is 0 Å². The Kier molecular flexibility index (Phi) is 5.76. The number of nitrogens with zero attached hydrogens (tertiary/aromatic N) is 1. The molecule has 0 saturated heterocycles.